The van der Waals surface area contributed by atoms with Crippen molar-refractivity contribution in [2.24, 2.45) is 5.41 Å². The van der Waals surface area contributed by atoms with E-state index in [0.29, 0.717) is 0 Å². The van der Waals surface area contributed by atoms with Gasteiger partial charge in [0.25, 0.3) is 0 Å². The Kier molecular flexibility index (Phi) is 4.02. The number of rotatable bonds is 2. The molecule has 0 aliphatic rings. The number of nitrogens with zero attached hydrogens (tertiary/aromatic N) is 1. The number of carboxylic acid groups (broad SMARTS) is 1. The summed E-state index contributed by atoms with van der Waals surface area (Å²) >= 11 is 0. The molecule has 0 aliphatic carbocycles. The summed E-state index contributed by atoms with van der Waals surface area (Å²) in [7, 11) is 0. The third kappa shape index (κ3) is 3.15. The van der Waals surface area contributed by atoms with Crippen LogP contribution in [-0.4, -0.2) is 16.1 Å². The van der Waals surface area contributed by atoms with Gasteiger partial charge in [0, 0.05) is 11.6 Å². The van der Waals surface area contributed by atoms with Gasteiger partial charge in [-0.2, -0.15) is 4.98 Å². The molecule has 0 aliphatic heterocycles. The second-order valence-electron chi connectivity index (χ2n) is 7.08. The van der Waals surface area contributed by atoms with E-state index in [1.807, 2.05) is 26.8 Å². The highest BCUT2D eigenvalue weighted by atomic mass is 19.1. The molecule has 3 rings (SSSR count). The summed E-state index contributed by atoms with van der Waals surface area (Å²) in [4.78, 5) is 27.8. The molecule has 1 aromatic carbocycles. The molecule has 3 N–H and O–H groups in total. The number of nitrogens with two attached hydrogens (primary N) is 1. The average Bonchev–Trinajstić information content (AvgIpc) is 2.51. The number of nitrogen functional groups attached to an aromatic ring is 1. The maximum Gasteiger partial charge on any atom is 0.339 e. The van der Waals surface area contributed by atoms with Crippen LogP contribution in [-0.2, 0) is 0 Å². The molecular weight excluding hydrogens is 339 g/mol. The van der Waals surface area contributed by atoms with Crippen molar-refractivity contribution in [2.75, 3.05) is 5.73 Å². The van der Waals surface area contributed by atoms with Gasteiger partial charge in [0.15, 0.2) is 0 Å². The lowest BCUT2D eigenvalue weighted by Crippen LogP contribution is -2.10. The Hall–Kier alpha value is -3.22. The molecule has 0 radical (unpaired) electrons. The first-order valence-corrected chi connectivity index (χ1v) is 7.86. The molecule has 6 nitrogen and oxygen atoms in total. The standard InChI is InChI=1S/C19H17FN2O4/c1-19(2,3)5-4-9-6-10-14(8-13(9)20)26-17-11(15(10)23)7-12(18(24)25)16(21)22-17/h4-8H,1-3H3,(H2,21,22)(H,24,25)/b5-4+. The second kappa shape index (κ2) is 5.94. The van der Waals surface area contributed by atoms with Crippen molar-refractivity contribution in [3.8, 4) is 0 Å². The number of benzene rings is 1. The number of allylic oxidation sites excluding steroid dienone is 1. The van der Waals surface area contributed by atoms with Crippen LogP contribution in [0.4, 0.5) is 10.2 Å². The summed E-state index contributed by atoms with van der Waals surface area (Å²) in [5.41, 5.74) is 4.75. The zero-order valence-electron chi connectivity index (χ0n) is 14.5. The van der Waals surface area contributed by atoms with Crippen LogP contribution in [0.2, 0.25) is 0 Å². The maximum atomic E-state index is 14.3. The van der Waals surface area contributed by atoms with Crippen LogP contribution >= 0.6 is 0 Å². The first kappa shape index (κ1) is 17.6. The number of aromatic nitrogens is 1. The number of fused-ring (bicyclic) bond motifs is 2. The van der Waals surface area contributed by atoms with Gasteiger partial charge in [0.1, 0.15) is 22.8 Å². The van der Waals surface area contributed by atoms with Crippen LogP contribution < -0.4 is 11.2 Å². The summed E-state index contributed by atoms with van der Waals surface area (Å²) in [5.74, 6) is -2.13. The highest BCUT2D eigenvalue weighted by Crippen LogP contribution is 2.25. The molecule has 0 spiro atoms. The molecule has 0 bridgehead atoms. The Morgan fingerprint density at radius 2 is 1.96 bits per heavy atom. The van der Waals surface area contributed by atoms with E-state index in [1.54, 1.807) is 6.08 Å². The van der Waals surface area contributed by atoms with Crippen LogP contribution in [0.3, 0.4) is 0 Å². The molecule has 26 heavy (non-hydrogen) atoms. The third-order valence-electron chi connectivity index (χ3n) is 3.81. The minimum absolute atomic E-state index is 0.0166. The van der Waals surface area contributed by atoms with Crippen LogP contribution in [0.5, 0.6) is 0 Å². The van der Waals surface area contributed by atoms with Gasteiger partial charge in [-0.1, -0.05) is 32.9 Å². The predicted octanol–water partition coefficient (Wildman–Crippen LogP) is 3.82. The minimum atomic E-state index is -1.30. The van der Waals surface area contributed by atoms with Crippen LogP contribution in [0, 0.1) is 11.2 Å². The van der Waals surface area contributed by atoms with E-state index in [0.717, 1.165) is 12.1 Å². The molecule has 2 aromatic heterocycles. The van der Waals surface area contributed by atoms with Crippen molar-refractivity contribution in [3.63, 3.8) is 0 Å². The van der Waals surface area contributed by atoms with E-state index in [2.05, 4.69) is 4.98 Å². The Labute approximate surface area is 147 Å². The van der Waals surface area contributed by atoms with Crippen molar-refractivity contribution in [3.05, 3.63) is 51.4 Å². The fourth-order valence-corrected chi connectivity index (χ4v) is 2.47. The van der Waals surface area contributed by atoms with Gasteiger partial charge in [-0.15, -0.1) is 0 Å². The van der Waals surface area contributed by atoms with Crippen molar-refractivity contribution in [1.82, 2.24) is 4.98 Å². The lowest BCUT2D eigenvalue weighted by Gasteiger charge is -2.11. The molecule has 0 unspecified atom stereocenters. The monoisotopic (exact) mass is 356 g/mol. The van der Waals surface area contributed by atoms with E-state index >= 15 is 0 Å². The van der Waals surface area contributed by atoms with E-state index < -0.39 is 17.2 Å². The van der Waals surface area contributed by atoms with Crippen LogP contribution in [0.15, 0.2) is 33.5 Å². The van der Waals surface area contributed by atoms with Crippen LogP contribution in [0.1, 0.15) is 36.7 Å². The Bertz CT molecular complexity index is 1140. The van der Waals surface area contributed by atoms with E-state index in [4.69, 9.17) is 15.3 Å². The molecule has 7 heteroatoms. The van der Waals surface area contributed by atoms with E-state index in [1.165, 1.54) is 6.07 Å². The molecule has 0 saturated carbocycles. The van der Waals surface area contributed by atoms with E-state index in [-0.39, 0.29) is 44.4 Å². The van der Waals surface area contributed by atoms with Gasteiger partial charge in [0.05, 0.1) is 10.8 Å². The number of hydrogen-bond acceptors (Lipinski definition) is 5. The first-order chi connectivity index (χ1) is 12.1. The van der Waals surface area contributed by atoms with Crippen LogP contribution in [0.25, 0.3) is 28.1 Å². The zero-order chi connectivity index (χ0) is 19.2. The summed E-state index contributed by atoms with van der Waals surface area (Å²) < 4.78 is 19.8. The average molecular weight is 356 g/mol. The summed E-state index contributed by atoms with van der Waals surface area (Å²) in [6, 6.07) is 3.62. The first-order valence-electron chi connectivity index (χ1n) is 7.86. The topological polar surface area (TPSA) is 106 Å². The fourth-order valence-electron chi connectivity index (χ4n) is 2.47. The normalized spacial score (nSPS) is 12.3. The van der Waals surface area contributed by atoms with Gasteiger partial charge in [-0.3, -0.25) is 4.79 Å². The molecule has 0 atom stereocenters. The summed E-state index contributed by atoms with van der Waals surface area (Å²) in [6.45, 7) is 5.90. The molecule has 134 valence electrons. The van der Waals surface area contributed by atoms with Crippen molar-refractivity contribution in [2.45, 2.75) is 20.8 Å². The summed E-state index contributed by atoms with van der Waals surface area (Å²) in [6.07, 6.45) is 3.42. The second-order valence-corrected chi connectivity index (χ2v) is 7.08. The molecule has 2 heterocycles. The smallest absolute Gasteiger partial charge is 0.339 e. The SMILES string of the molecule is CC(C)(C)/C=C/c1cc2c(=O)c3cc(C(=O)O)c(N)nc3oc2cc1F. The van der Waals surface area contributed by atoms with Crippen molar-refractivity contribution in [1.29, 1.82) is 0 Å². The van der Waals surface area contributed by atoms with Gasteiger partial charge >= 0.3 is 5.97 Å². The predicted molar refractivity (Wildman–Crippen MR) is 97.6 cm³/mol. The van der Waals surface area contributed by atoms with Gasteiger partial charge in [-0.05, 0) is 17.5 Å². The number of carboxylic acids is 1. The maximum absolute atomic E-state index is 14.3. The van der Waals surface area contributed by atoms with Gasteiger partial charge < -0.3 is 15.3 Å². The van der Waals surface area contributed by atoms with Gasteiger partial charge in [-0.25, -0.2) is 9.18 Å². The molecule has 0 amide bonds. The van der Waals surface area contributed by atoms with Gasteiger partial charge in [0.2, 0.25) is 11.1 Å². The zero-order valence-corrected chi connectivity index (χ0v) is 14.5. The highest BCUT2D eigenvalue weighted by Gasteiger charge is 2.17. The Balaban J connectivity index is 2.32. The third-order valence-corrected chi connectivity index (χ3v) is 3.81. The molecule has 0 saturated heterocycles. The summed E-state index contributed by atoms with van der Waals surface area (Å²) in [5, 5.41) is 9.25. The fraction of sp³-hybridized carbons (Fsp3) is 0.211. The number of anilines is 1. The number of pyridine rings is 1. The number of carbonyl (C=O) groups is 1. The quantitative estimate of drug-likeness (QED) is 0.676. The highest BCUT2D eigenvalue weighted by molar-refractivity contribution is 5.98. The van der Waals surface area contributed by atoms with Crippen molar-refractivity contribution < 1.29 is 18.7 Å². The minimum Gasteiger partial charge on any atom is -0.478 e. The molecular formula is C19H17FN2O4. The molecule has 0 fully saturated rings. The number of aromatic carboxylic acids is 1. The lowest BCUT2D eigenvalue weighted by molar-refractivity contribution is 0.0698. The van der Waals surface area contributed by atoms with E-state index in [9.17, 15) is 14.0 Å². The molecule has 3 aromatic rings. The number of hydrogen-bond donors (Lipinski definition) is 2. The lowest BCUT2D eigenvalue weighted by atomic mass is 9.95. The number of halogens is 1. The van der Waals surface area contributed by atoms with Crippen molar-refractivity contribution >= 4 is 39.9 Å². The Morgan fingerprint density at radius 3 is 2.58 bits per heavy atom. The largest absolute Gasteiger partial charge is 0.478 e. The Morgan fingerprint density at radius 1 is 1.27 bits per heavy atom.